The lowest BCUT2D eigenvalue weighted by Crippen LogP contribution is -2.24. The zero-order valence-corrected chi connectivity index (χ0v) is 14.2. The van der Waals surface area contributed by atoms with Crippen LogP contribution in [0.2, 0.25) is 5.02 Å². The number of carbonyl (C=O) groups excluding carboxylic acids is 1. The Morgan fingerprint density at radius 1 is 1.04 bits per heavy atom. The molecular weight excluding hydrogens is 310 g/mol. The van der Waals surface area contributed by atoms with E-state index in [0.717, 1.165) is 5.56 Å². The molecule has 0 heterocycles. The number of anilines is 1. The maximum absolute atomic E-state index is 11.7. The van der Waals surface area contributed by atoms with E-state index < -0.39 is 6.03 Å². The molecule has 0 spiro atoms. The van der Waals surface area contributed by atoms with E-state index in [1.54, 1.807) is 30.5 Å². The largest absolute Gasteiger partial charge is 0.339 e. The van der Waals surface area contributed by atoms with Crippen molar-refractivity contribution in [2.45, 2.75) is 26.2 Å². The SMILES string of the molecule is CC(C)(C)c1ccc(/C=N/NC(=O)Nc2ccc(Cl)cc2)cc1. The van der Waals surface area contributed by atoms with Gasteiger partial charge in [-0.25, -0.2) is 10.2 Å². The normalized spacial score (nSPS) is 11.5. The number of benzene rings is 2. The molecule has 4 nitrogen and oxygen atoms in total. The highest BCUT2D eigenvalue weighted by Crippen LogP contribution is 2.21. The van der Waals surface area contributed by atoms with Gasteiger partial charge in [0.05, 0.1) is 6.21 Å². The van der Waals surface area contributed by atoms with Crippen LogP contribution in [0.5, 0.6) is 0 Å². The van der Waals surface area contributed by atoms with Gasteiger partial charge in [0.25, 0.3) is 0 Å². The summed E-state index contributed by atoms with van der Waals surface area (Å²) in [5, 5.41) is 7.21. The van der Waals surface area contributed by atoms with Crippen molar-refractivity contribution in [2.75, 3.05) is 5.32 Å². The molecular formula is C18H20ClN3O. The minimum atomic E-state index is -0.408. The minimum absolute atomic E-state index is 0.117. The Kier molecular flexibility index (Phi) is 5.40. The molecule has 2 rings (SSSR count). The number of urea groups is 1. The molecule has 0 saturated carbocycles. The first-order chi connectivity index (χ1) is 10.8. The summed E-state index contributed by atoms with van der Waals surface area (Å²) in [6.07, 6.45) is 1.61. The van der Waals surface area contributed by atoms with Crippen molar-refractivity contribution < 1.29 is 4.79 Å². The number of amides is 2. The molecule has 0 aliphatic rings. The van der Waals surface area contributed by atoms with Gasteiger partial charge in [-0.15, -0.1) is 0 Å². The van der Waals surface area contributed by atoms with Gasteiger partial charge < -0.3 is 5.32 Å². The summed E-state index contributed by atoms with van der Waals surface area (Å²) in [7, 11) is 0. The van der Waals surface area contributed by atoms with Crippen LogP contribution < -0.4 is 10.7 Å². The second kappa shape index (κ2) is 7.29. The van der Waals surface area contributed by atoms with Crippen LogP contribution in [0.15, 0.2) is 53.6 Å². The number of hydrogen-bond acceptors (Lipinski definition) is 2. The fourth-order valence-corrected chi connectivity index (χ4v) is 2.05. The number of hydrazone groups is 1. The summed E-state index contributed by atoms with van der Waals surface area (Å²) in [5.74, 6) is 0. The Labute approximate surface area is 141 Å². The first kappa shape index (κ1) is 17.0. The Balaban J connectivity index is 1.88. The smallest absolute Gasteiger partial charge is 0.307 e. The first-order valence-electron chi connectivity index (χ1n) is 7.31. The van der Waals surface area contributed by atoms with Crippen LogP contribution in [0.25, 0.3) is 0 Å². The standard InChI is InChI=1S/C18H20ClN3O/c1-18(2,3)14-6-4-13(5-7-14)12-20-22-17(23)21-16-10-8-15(19)9-11-16/h4-12H,1-3H3,(H2,21,22,23)/b20-12+. The molecule has 2 N–H and O–H groups in total. The summed E-state index contributed by atoms with van der Waals surface area (Å²) in [5.41, 5.74) is 5.37. The fourth-order valence-electron chi connectivity index (χ4n) is 1.93. The highest BCUT2D eigenvalue weighted by Gasteiger charge is 2.12. The fraction of sp³-hybridized carbons (Fsp3) is 0.222. The van der Waals surface area contributed by atoms with E-state index in [-0.39, 0.29) is 5.41 Å². The van der Waals surface area contributed by atoms with Gasteiger partial charge in [0, 0.05) is 10.7 Å². The molecule has 0 radical (unpaired) electrons. The predicted molar refractivity (Wildman–Crippen MR) is 96.3 cm³/mol. The van der Waals surface area contributed by atoms with E-state index in [1.807, 2.05) is 12.1 Å². The molecule has 5 heteroatoms. The highest BCUT2D eigenvalue weighted by molar-refractivity contribution is 6.30. The van der Waals surface area contributed by atoms with Gasteiger partial charge in [-0.1, -0.05) is 56.6 Å². The van der Waals surface area contributed by atoms with Crippen molar-refractivity contribution in [1.29, 1.82) is 0 Å². The molecule has 2 aromatic carbocycles. The van der Waals surface area contributed by atoms with Crippen LogP contribution in [-0.2, 0) is 5.41 Å². The lowest BCUT2D eigenvalue weighted by Gasteiger charge is -2.18. The molecule has 120 valence electrons. The highest BCUT2D eigenvalue weighted by atomic mass is 35.5. The third kappa shape index (κ3) is 5.42. The van der Waals surface area contributed by atoms with E-state index in [0.29, 0.717) is 10.7 Å². The van der Waals surface area contributed by atoms with Gasteiger partial charge >= 0.3 is 6.03 Å². The Morgan fingerprint density at radius 3 is 2.22 bits per heavy atom. The average Bonchev–Trinajstić information content (AvgIpc) is 2.49. The molecule has 23 heavy (non-hydrogen) atoms. The molecule has 2 aromatic rings. The van der Waals surface area contributed by atoms with Crippen LogP contribution in [0.4, 0.5) is 10.5 Å². The lowest BCUT2D eigenvalue weighted by atomic mass is 9.87. The second-order valence-electron chi connectivity index (χ2n) is 6.20. The predicted octanol–water partition coefficient (Wildman–Crippen LogP) is 4.79. The minimum Gasteiger partial charge on any atom is -0.307 e. The Hall–Kier alpha value is -2.33. The van der Waals surface area contributed by atoms with Crippen LogP contribution >= 0.6 is 11.6 Å². The number of hydrogen-bond donors (Lipinski definition) is 2. The van der Waals surface area contributed by atoms with E-state index in [9.17, 15) is 4.79 Å². The van der Waals surface area contributed by atoms with Crippen molar-refractivity contribution in [3.05, 3.63) is 64.7 Å². The number of nitrogens with zero attached hydrogens (tertiary/aromatic N) is 1. The van der Waals surface area contributed by atoms with Crippen molar-refractivity contribution in [3.63, 3.8) is 0 Å². The van der Waals surface area contributed by atoms with Gasteiger partial charge in [-0.2, -0.15) is 5.10 Å². The molecule has 0 saturated heterocycles. The van der Waals surface area contributed by atoms with E-state index >= 15 is 0 Å². The van der Waals surface area contributed by atoms with Gasteiger partial charge in [-0.05, 0) is 40.8 Å². The van der Waals surface area contributed by atoms with Crippen LogP contribution in [0.3, 0.4) is 0 Å². The van der Waals surface area contributed by atoms with Crippen molar-refractivity contribution in [2.24, 2.45) is 5.10 Å². The number of nitrogens with one attached hydrogen (secondary N) is 2. The van der Waals surface area contributed by atoms with E-state index in [2.05, 4.69) is 48.7 Å². The van der Waals surface area contributed by atoms with Gasteiger partial charge in [0.15, 0.2) is 0 Å². The topological polar surface area (TPSA) is 53.5 Å². The molecule has 0 unspecified atom stereocenters. The Bertz CT molecular complexity index is 686. The summed E-state index contributed by atoms with van der Waals surface area (Å²) in [4.78, 5) is 11.7. The summed E-state index contributed by atoms with van der Waals surface area (Å²) in [6, 6.07) is 14.5. The quantitative estimate of drug-likeness (QED) is 0.617. The molecule has 0 atom stereocenters. The summed E-state index contributed by atoms with van der Waals surface area (Å²) >= 11 is 5.79. The molecule has 0 fully saturated rings. The zero-order chi connectivity index (χ0) is 16.9. The lowest BCUT2D eigenvalue weighted by molar-refractivity contribution is 0.252. The molecule has 0 aliphatic carbocycles. The van der Waals surface area contributed by atoms with Crippen LogP contribution in [0.1, 0.15) is 31.9 Å². The van der Waals surface area contributed by atoms with E-state index in [1.165, 1.54) is 5.56 Å². The Morgan fingerprint density at radius 2 is 1.65 bits per heavy atom. The zero-order valence-electron chi connectivity index (χ0n) is 13.4. The van der Waals surface area contributed by atoms with Crippen molar-refractivity contribution in [3.8, 4) is 0 Å². The molecule has 0 aromatic heterocycles. The van der Waals surface area contributed by atoms with Crippen LogP contribution in [0, 0.1) is 0 Å². The monoisotopic (exact) mass is 329 g/mol. The van der Waals surface area contributed by atoms with Gasteiger partial charge in [-0.3, -0.25) is 0 Å². The molecule has 0 bridgehead atoms. The maximum atomic E-state index is 11.7. The van der Waals surface area contributed by atoms with Gasteiger partial charge in [0.2, 0.25) is 0 Å². The summed E-state index contributed by atoms with van der Waals surface area (Å²) < 4.78 is 0. The third-order valence-corrected chi connectivity index (χ3v) is 3.51. The number of carbonyl (C=O) groups is 1. The maximum Gasteiger partial charge on any atom is 0.339 e. The van der Waals surface area contributed by atoms with Crippen LogP contribution in [-0.4, -0.2) is 12.2 Å². The van der Waals surface area contributed by atoms with Gasteiger partial charge in [0.1, 0.15) is 0 Å². The number of halogens is 1. The average molecular weight is 330 g/mol. The van der Waals surface area contributed by atoms with Crippen molar-refractivity contribution >= 4 is 29.5 Å². The first-order valence-corrected chi connectivity index (χ1v) is 7.68. The van der Waals surface area contributed by atoms with Crippen molar-refractivity contribution in [1.82, 2.24) is 5.43 Å². The van der Waals surface area contributed by atoms with E-state index in [4.69, 9.17) is 11.6 Å². The second-order valence-corrected chi connectivity index (χ2v) is 6.64. The third-order valence-electron chi connectivity index (χ3n) is 3.26. The summed E-state index contributed by atoms with van der Waals surface area (Å²) in [6.45, 7) is 6.50. The molecule has 0 aliphatic heterocycles. The number of rotatable bonds is 3. The molecule has 2 amide bonds.